The van der Waals surface area contributed by atoms with Crippen LogP contribution in [0.2, 0.25) is 0 Å². The minimum Gasteiger partial charge on any atom is -0.494 e. The minimum atomic E-state index is -0.636. The van der Waals surface area contributed by atoms with E-state index in [-0.39, 0.29) is 25.0 Å². The van der Waals surface area contributed by atoms with Crippen LogP contribution in [0, 0.1) is 5.92 Å². The topological polar surface area (TPSA) is 84.9 Å². The van der Waals surface area contributed by atoms with Crippen LogP contribution in [-0.2, 0) is 14.3 Å². The summed E-state index contributed by atoms with van der Waals surface area (Å²) in [7, 11) is 0. The predicted molar refractivity (Wildman–Crippen MR) is 95.9 cm³/mol. The summed E-state index contributed by atoms with van der Waals surface area (Å²) >= 11 is 0. The number of amides is 2. The number of nitrogens with zero attached hydrogens (tertiary/aromatic N) is 1. The molecule has 1 saturated heterocycles. The van der Waals surface area contributed by atoms with Gasteiger partial charge < -0.3 is 19.7 Å². The molecule has 0 radical (unpaired) electrons. The maximum Gasteiger partial charge on any atom is 0.325 e. The Bertz CT molecular complexity index is 629. The summed E-state index contributed by atoms with van der Waals surface area (Å²) in [6.07, 6.45) is 2.08. The van der Waals surface area contributed by atoms with Crippen LogP contribution in [0.1, 0.15) is 37.0 Å². The lowest BCUT2D eigenvalue weighted by molar-refractivity contribution is -0.151. The fourth-order valence-corrected chi connectivity index (χ4v) is 2.82. The number of hydrogen-bond acceptors (Lipinski definition) is 5. The molecule has 1 fully saturated rings. The van der Waals surface area contributed by atoms with Gasteiger partial charge in [-0.2, -0.15) is 0 Å². The molecular weight excluding hydrogens is 336 g/mol. The molecule has 142 valence electrons. The highest BCUT2D eigenvalue weighted by molar-refractivity contribution is 5.96. The van der Waals surface area contributed by atoms with Crippen LogP contribution in [-0.4, -0.2) is 55.5 Å². The van der Waals surface area contributed by atoms with Crippen LogP contribution >= 0.6 is 0 Å². The molecular formula is C19H26N2O5. The van der Waals surface area contributed by atoms with E-state index in [2.05, 4.69) is 12.2 Å². The SMILES string of the molecule is CCOc1ccc(C(=O)NCC(=O)OCC(=O)N2CCC[C@H](C)C2)cc1. The van der Waals surface area contributed by atoms with Gasteiger partial charge in [-0.05, 0) is 49.9 Å². The molecule has 0 spiro atoms. The molecule has 1 atom stereocenters. The predicted octanol–water partition coefficient (Wildman–Crippen LogP) is 1.62. The number of piperidine rings is 1. The van der Waals surface area contributed by atoms with E-state index in [9.17, 15) is 14.4 Å². The van der Waals surface area contributed by atoms with Gasteiger partial charge in [-0.1, -0.05) is 6.92 Å². The number of rotatable bonds is 7. The van der Waals surface area contributed by atoms with Crippen LogP contribution in [0.25, 0.3) is 0 Å². The normalized spacial score (nSPS) is 16.7. The number of esters is 1. The minimum absolute atomic E-state index is 0.192. The second kappa shape index (κ2) is 9.79. The number of likely N-dealkylation sites (tertiary alicyclic amines) is 1. The van der Waals surface area contributed by atoms with Gasteiger partial charge in [0.2, 0.25) is 0 Å². The van der Waals surface area contributed by atoms with Crippen LogP contribution in [0.15, 0.2) is 24.3 Å². The highest BCUT2D eigenvalue weighted by atomic mass is 16.5. The fraction of sp³-hybridized carbons (Fsp3) is 0.526. The quantitative estimate of drug-likeness (QED) is 0.745. The molecule has 1 aliphatic heterocycles. The molecule has 7 nitrogen and oxygen atoms in total. The first-order valence-corrected chi connectivity index (χ1v) is 8.94. The zero-order valence-corrected chi connectivity index (χ0v) is 15.3. The summed E-state index contributed by atoms with van der Waals surface area (Å²) in [6, 6.07) is 6.61. The van der Waals surface area contributed by atoms with Crippen molar-refractivity contribution in [1.29, 1.82) is 0 Å². The maximum absolute atomic E-state index is 12.0. The average molecular weight is 362 g/mol. The van der Waals surface area contributed by atoms with Gasteiger partial charge in [0, 0.05) is 18.7 Å². The van der Waals surface area contributed by atoms with Crippen molar-refractivity contribution in [2.75, 3.05) is 32.8 Å². The Morgan fingerprint density at radius 1 is 1.23 bits per heavy atom. The summed E-state index contributed by atoms with van der Waals surface area (Å²) in [6.45, 7) is 5.36. The van der Waals surface area contributed by atoms with Crippen molar-refractivity contribution in [1.82, 2.24) is 10.2 Å². The largest absolute Gasteiger partial charge is 0.494 e. The van der Waals surface area contributed by atoms with Crippen molar-refractivity contribution in [3.05, 3.63) is 29.8 Å². The zero-order valence-electron chi connectivity index (χ0n) is 15.3. The Balaban J connectivity index is 1.70. The van der Waals surface area contributed by atoms with E-state index in [0.717, 1.165) is 12.8 Å². The third-order valence-corrected chi connectivity index (χ3v) is 4.19. The Morgan fingerprint density at radius 2 is 1.96 bits per heavy atom. The van der Waals surface area contributed by atoms with E-state index in [1.165, 1.54) is 0 Å². The van der Waals surface area contributed by atoms with E-state index >= 15 is 0 Å². The molecule has 1 heterocycles. The monoisotopic (exact) mass is 362 g/mol. The van der Waals surface area contributed by atoms with Crippen LogP contribution in [0.5, 0.6) is 5.75 Å². The van der Waals surface area contributed by atoms with Crippen LogP contribution in [0.4, 0.5) is 0 Å². The van der Waals surface area contributed by atoms with Gasteiger partial charge in [0.05, 0.1) is 6.61 Å². The molecule has 1 aromatic carbocycles. The van der Waals surface area contributed by atoms with Gasteiger partial charge in [-0.15, -0.1) is 0 Å². The second-order valence-corrected chi connectivity index (χ2v) is 6.39. The molecule has 7 heteroatoms. The van der Waals surface area contributed by atoms with Crippen molar-refractivity contribution >= 4 is 17.8 Å². The number of carbonyl (C=O) groups is 3. The van der Waals surface area contributed by atoms with Crippen LogP contribution < -0.4 is 10.1 Å². The number of nitrogens with one attached hydrogen (secondary N) is 1. The van der Waals surface area contributed by atoms with Crippen molar-refractivity contribution in [2.45, 2.75) is 26.7 Å². The molecule has 0 unspecified atom stereocenters. The van der Waals surface area contributed by atoms with Crippen molar-refractivity contribution in [3.63, 3.8) is 0 Å². The summed E-state index contributed by atoms with van der Waals surface area (Å²) < 4.78 is 10.3. The van der Waals surface area contributed by atoms with Gasteiger partial charge in [-0.3, -0.25) is 14.4 Å². The Morgan fingerprint density at radius 3 is 2.62 bits per heavy atom. The molecule has 26 heavy (non-hydrogen) atoms. The second-order valence-electron chi connectivity index (χ2n) is 6.39. The lowest BCUT2D eigenvalue weighted by Crippen LogP contribution is -2.42. The summed E-state index contributed by atoms with van der Waals surface area (Å²) in [5.41, 5.74) is 0.416. The van der Waals surface area contributed by atoms with Gasteiger partial charge in [-0.25, -0.2) is 0 Å². The number of benzene rings is 1. The van der Waals surface area contributed by atoms with Crippen LogP contribution in [0.3, 0.4) is 0 Å². The lowest BCUT2D eigenvalue weighted by atomic mass is 10.0. The van der Waals surface area contributed by atoms with Gasteiger partial charge in [0.25, 0.3) is 11.8 Å². The first kappa shape index (κ1) is 19.8. The van der Waals surface area contributed by atoms with E-state index in [1.54, 1.807) is 29.2 Å². The fourth-order valence-electron chi connectivity index (χ4n) is 2.82. The van der Waals surface area contributed by atoms with Crippen molar-refractivity contribution in [2.24, 2.45) is 5.92 Å². The van der Waals surface area contributed by atoms with E-state index in [4.69, 9.17) is 9.47 Å². The Kier molecular flexibility index (Phi) is 7.44. The lowest BCUT2D eigenvalue weighted by Gasteiger charge is -2.30. The standard InChI is InChI=1S/C19H26N2O5/c1-3-25-16-8-6-15(7-9-16)19(24)20-11-18(23)26-13-17(22)21-10-4-5-14(2)12-21/h6-9,14H,3-5,10-13H2,1-2H3,(H,20,24)/t14-/m0/s1. The molecule has 1 N–H and O–H groups in total. The average Bonchev–Trinajstić information content (AvgIpc) is 2.65. The van der Waals surface area contributed by atoms with Gasteiger partial charge in [0.15, 0.2) is 6.61 Å². The smallest absolute Gasteiger partial charge is 0.325 e. The first-order valence-electron chi connectivity index (χ1n) is 8.94. The molecule has 0 bridgehead atoms. The molecule has 1 aromatic rings. The highest BCUT2D eigenvalue weighted by Gasteiger charge is 2.21. The number of ether oxygens (including phenoxy) is 2. The molecule has 0 aromatic heterocycles. The van der Waals surface area contributed by atoms with Gasteiger partial charge >= 0.3 is 5.97 Å². The van der Waals surface area contributed by atoms with E-state index in [1.807, 2.05) is 6.92 Å². The summed E-state index contributed by atoms with van der Waals surface area (Å²) in [5, 5.41) is 2.48. The van der Waals surface area contributed by atoms with Crippen molar-refractivity contribution < 1.29 is 23.9 Å². The zero-order chi connectivity index (χ0) is 18.9. The third-order valence-electron chi connectivity index (χ3n) is 4.19. The van der Waals surface area contributed by atoms with Crippen molar-refractivity contribution in [3.8, 4) is 5.75 Å². The van der Waals surface area contributed by atoms with E-state index < -0.39 is 5.97 Å². The third kappa shape index (κ3) is 6.06. The highest BCUT2D eigenvalue weighted by Crippen LogP contribution is 2.15. The Labute approximate surface area is 153 Å². The summed E-state index contributed by atoms with van der Waals surface area (Å²) in [4.78, 5) is 37.5. The Hall–Kier alpha value is -2.57. The first-order chi connectivity index (χ1) is 12.5. The molecule has 0 aliphatic carbocycles. The molecule has 0 saturated carbocycles. The van der Waals surface area contributed by atoms with E-state index in [0.29, 0.717) is 36.9 Å². The number of hydrogen-bond donors (Lipinski definition) is 1. The maximum atomic E-state index is 12.0. The molecule has 2 amide bonds. The van der Waals surface area contributed by atoms with Gasteiger partial charge in [0.1, 0.15) is 12.3 Å². The molecule has 2 rings (SSSR count). The number of carbonyl (C=O) groups excluding carboxylic acids is 3. The summed E-state index contributed by atoms with van der Waals surface area (Å²) in [5.74, 6) is -0.0718. The molecule has 1 aliphatic rings.